The summed E-state index contributed by atoms with van der Waals surface area (Å²) in [5, 5.41) is 11.2. The normalized spacial score (nSPS) is 9.33. The maximum Gasteiger partial charge on any atom is 0.306 e. The minimum absolute atomic E-state index is 0.303. The second-order valence-electron chi connectivity index (χ2n) is 3.65. The summed E-state index contributed by atoms with van der Waals surface area (Å²) >= 11 is 0. The average Bonchev–Trinajstić information content (AvgIpc) is 2.37. The first-order valence-corrected chi connectivity index (χ1v) is 5.61. The van der Waals surface area contributed by atoms with Gasteiger partial charge in [0.1, 0.15) is 0 Å². The van der Waals surface area contributed by atoms with E-state index >= 15 is 0 Å². The largest absolute Gasteiger partial charge is 0.456 e. The Morgan fingerprint density at radius 3 is 2.89 bits per heavy atom. The maximum atomic E-state index is 11.4. The van der Waals surface area contributed by atoms with Crippen molar-refractivity contribution in [3.63, 3.8) is 0 Å². The molecule has 0 aliphatic carbocycles. The highest BCUT2D eigenvalue weighted by atomic mass is 16.5. The second-order valence-corrected chi connectivity index (χ2v) is 3.65. The van der Waals surface area contributed by atoms with Crippen molar-refractivity contribution in [3.05, 3.63) is 29.8 Å². The zero-order valence-electron chi connectivity index (χ0n) is 10.1. The summed E-state index contributed by atoms with van der Waals surface area (Å²) in [6.45, 7) is 1.55. The SMILES string of the molecule is CCCC(=O)OCC(=O)Nc1cccc(C#N)c1. The van der Waals surface area contributed by atoms with E-state index in [4.69, 9.17) is 10.00 Å². The van der Waals surface area contributed by atoms with Gasteiger partial charge >= 0.3 is 5.97 Å². The van der Waals surface area contributed by atoms with Crippen LogP contribution in [-0.4, -0.2) is 18.5 Å². The molecule has 1 aromatic rings. The van der Waals surface area contributed by atoms with E-state index in [0.29, 0.717) is 24.1 Å². The summed E-state index contributed by atoms with van der Waals surface area (Å²) < 4.78 is 4.76. The lowest BCUT2D eigenvalue weighted by atomic mass is 10.2. The van der Waals surface area contributed by atoms with Gasteiger partial charge in [0.25, 0.3) is 5.91 Å². The first-order chi connectivity index (χ1) is 8.65. The number of ether oxygens (including phenoxy) is 1. The first-order valence-electron chi connectivity index (χ1n) is 5.61. The molecule has 1 rings (SSSR count). The standard InChI is InChI=1S/C13H14N2O3/c1-2-4-13(17)18-9-12(16)15-11-6-3-5-10(7-11)8-14/h3,5-7H,2,4,9H2,1H3,(H,15,16). The molecule has 5 nitrogen and oxygen atoms in total. The third-order valence-electron chi connectivity index (χ3n) is 2.09. The lowest BCUT2D eigenvalue weighted by Gasteiger charge is -2.06. The van der Waals surface area contributed by atoms with Crippen LogP contribution in [0.25, 0.3) is 0 Å². The van der Waals surface area contributed by atoms with Gasteiger partial charge in [0, 0.05) is 12.1 Å². The number of nitrogens with one attached hydrogen (secondary N) is 1. The van der Waals surface area contributed by atoms with Crippen molar-refractivity contribution in [2.45, 2.75) is 19.8 Å². The zero-order valence-corrected chi connectivity index (χ0v) is 10.1. The van der Waals surface area contributed by atoms with Crippen molar-refractivity contribution in [3.8, 4) is 6.07 Å². The van der Waals surface area contributed by atoms with Gasteiger partial charge in [-0.05, 0) is 24.6 Å². The number of carbonyl (C=O) groups is 2. The number of esters is 1. The Hall–Kier alpha value is -2.35. The Morgan fingerprint density at radius 1 is 1.44 bits per heavy atom. The zero-order chi connectivity index (χ0) is 13.4. The highest BCUT2D eigenvalue weighted by molar-refractivity contribution is 5.92. The lowest BCUT2D eigenvalue weighted by molar-refractivity contribution is -0.147. The monoisotopic (exact) mass is 246 g/mol. The van der Waals surface area contributed by atoms with Crippen LogP contribution in [0.3, 0.4) is 0 Å². The van der Waals surface area contributed by atoms with Crippen LogP contribution in [0, 0.1) is 11.3 Å². The Labute approximate surface area is 105 Å². The molecule has 1 amide bonds. The van der Waals surface area contributed by atoms with E-state index in [1.807, 2.05) is 13.0 Å². The molecule has 0 aliphatic heterocycles. The van der Waals surface area contributed by atoms with E-state index in [2.05, 4.69) is 5.32 Å². The topological polar surface area (TPSA) is 79.2 Å². The number of amides is 1. The molecule has 0 saturated carbocycles. The number of hydrogen-bond donors (Lipinski definition) is 1. The minimum Gasteiger partial charge on any atom is -0.456 e. The molecular weight excluding hydrogens is 232 g/mol. The van der Waals surface area contributed by atoms with E-state index < -0.39 is 11.9 Å². The highest BCUT2D eigenvalue weighted by Gasteiger charge is 2.07. The van der Waals surface area contributed by atoms with E-state index in [-0.39, 0.29) is 6.61 Å². The predicted octanol–water partition coefficient (Wildman–Crippen LogP) is 1.84. The number of hydrogen-bond acceptors (Lipinski definition) is 4. The Bertz CT molecular complexity index is 477. The van der Waals surface area contributed by atoms with Crippen molar-refractivity contribution in [2.75, 3.05) is 11.9 Å². The highest BCUT2D eigenvalue weighted by Crippen LogP contribution is 2.09. The van der Waals surface area contributed by atoms with Crippen molar-refractivity contribution >= 4 is 17.6 Å². The molecule has 0 aliphatic rings. The summed E-state index contributed by atoms with van der Waals surface area (Å²) in [6.07, 6.45) is 0.988. The molecule has 5 heteroatoms. The van der Waals surface area contributed by atoms with Gasteiger partial charge in [-0.1, -0.05) is 13.0 Å². The van der Waals surface area contributed by atoms with Gasteiger partial charge in [0.15, 0.2) is 6.61 Å². The van der Waals surface area contributed by atoms with Gasteiger partial charge < -0.3 is 10.1 Å². The smallest absolute Gasteiger partial charge is 0.306 e. The van der Waals surface area contributed by atoms with Crippen LogP contribution in [0.15, 0.2) is 24.3 Å². The number of nitriles is 1. The summed E-state index contributed by atoms with van der Waals surface area (Å²) in [5.41, 5.74) is 0.960. The van der Waals surface area contributed by atoms with Crippen LogP contribution in [0.2, 0.25) is 0 Å². The van der Waals surface area contributed by atoms with Gasteiger partial charge in [-0.15, -0.1) is 0 Å². The van der Waals surface area contributed by atoms with Crippen molar-refractivity contribution < 1.29 is 14.3 Å². The molecule has 1 aromatic carbocycles. The van der Waals surface area contributed by atoms with Crippen LogP contribution in [0.5, 0.6) is 0 Å². The van der Waals surface area contributed by atoms with E-state index in [0.717, 1.165) is 0 Å². The van der Waals surface area contributed by atoms with Crippen LogP contribution in [0.1, 0.15) is 25.3 Å². The van der Waals surface area contributed by atoms with Gasteiger partial charge in [0.05, 0.1) is 11.6 Å². The molecule has 0 fully saturated rings. The molecule has 0 heterocycles. The fourth-order valence-electron chi connectivity index (χ4n) is 1.29. The van der Waals surface area contributed by atoms with E-state index in [9.17, 15) is 9.59 Å². The fourth-order valence-corrected chi connectivity index (χ4v) is 1.29. The summed E-state index contributed by atoms with van der Waals surface area (Å²) in [6, 6.07) is 8.48. The van der Waals surface area contributed by atoms with E-state index in [1.165, 1.54) is 0 Å². The molecule has 1 N–H and O–H groups in total. The summed E-state index contributed by atoms with van der Waals surface area (Å²) in [5.74, 6) is -0.812. The Morgan fingerprint density at radius 2 is 2.22 bits per heavy atom. The van der Waals surface area contributed by atoms with Crippen molar-refractivity contribution in [2.24, 2.45) is 0 Å². The van der Waals surface area contributed by atoms with Crippen molar-refractivity contribution in [1.82, 2.24) is 0 Å². The Kier molecular flexibility index (Phi) is 5.39. The average molecular weight is 246 g/mol. The molecule has 0 spiro atoms. The number of rotatable bonds is 5. The van der Waals surface area contributed by atoms with Crippen molar-refractivity contribution in [1.29, 1.82) is 5.26 Å². The third-order valence-corrected chi connectivity index (χ3v) is 2.09. The summed E-state index contributed by atoms with van der Waals surface area (Å²) in [4.78, 5) is 22.5. The predicted molar refractivity (Wildman–Crippen MR) is 65.7 cm³/mol. The molecule has 0 atom stereocenters. The van der Waals surface area contributed by atoms with Gasteiger partial charge in [-0.25, -0.2) is 0 Å². The molecule has 0 saturated heterocycles. The number of anilines is 1. The number of carbonyl (C=O) groups excluding carboxylic acids is 2. The molecule has 0 bridgehead atoms. The Balaban J connectivity index is 2.45. The minimum atomic E-state index is -0.422. The molecule has 0 radical (unpaired) electrons. The molecular formula is C13H14N2O3. The van der Waals surface area contributed by atoms with Gasteiger partial charge in [-0.3, -0.25) is 9.59 Å². The third kappa shape index (κ3) is 4.66. The maximum absolute atomic E-state index is 11.4. The molecule has 0 aromatic heterocycles. The molecule has 94 valence electrons. The first kappa shape index (κ1) is 13.7. The van der Waals surface area contributed by atoms with Crippen LogP contribution in [-0.2, 0) is 14.3 Å². The second kappa shape index (κ2) is 7.07. The summed E-state index contributed by atoms with van der Waals surface area (Å²) in [7, 11) is 0. The van der Waals surface area contributed by atoms with E-state index in [1.54, 1.807) is 24.3 Å². The van der Waals surface area contributed by atoms with Gasteiger partial charge in [0.2, 0.25) is 0 Å². The molecule has 18 heavy (non-hydrogen) atoms. The van der Waals surface area contributed by atoms with Gasteiger partial charge in [-0.2, -0.15) is 5.26 Å². The van der Waals surface area contributed by atoms with Crippen LogP contribution >= 0.6 is 0 Å². The van der Waals surface area contributed by atoms with Crippen LogP contribution < -0.4 is 5.32 Å². The molecule has 0 unspecified atom stereocenters. The number of benzene rings is 1. The fraction of sp³-hybridized carbons (Fsp3) is 0.308. The van der Waals surface area contributed by atoms with Crippen LogP contribution in [0.4, 0.5) is 5.69 Å². The quantitative estimate of drug-likeness (QED) is 0.804. The lowest BCUT2D eigenvalue weighted by Crippen LogP contribution is -2.20. The number of nitrogens with zero attached hydrogens (tertiary/aromatic N) is 1.